The second kappa shape index (κ2) is 10.1. The molecule has 1 aliphatic heterocycles. The lowest BCUT2D eigenvalue weighted by Gasteiger charge is -2.31. The smallest absolute Gasteiger partial charge is 0.250 e. The van der Waals surface area contributed by atoms with Crippen LogP contribution in [0.15, 0.2) is 72.8 Å². The molecule has 0 saturated heterocycles. The number of carbonyl (C=O) groups excluding carboxylic acids is 1. The van der Waals surface area contributed by atoms with Gasteiger partial charge in [-0.05, 0) is 59.5 Å². The van der Waals surface area contributed by atoms with Crippen molar-refractivity contribution >= 4 is 17.8 Å². The van der Waals surface area contributed by atoms with Crippen molar-refractivity contribution in [2.24, 2.45) is 0 Å². The number of hydrogen-bond acceptors (Lipinski definition) is 6. The number of hydrogen-bond donors (Lipinski definition) is 2. The van der Waals surface area contributed by atoms with Crippen LogP contribution >= 0.6 is 0 Å². The van der Waals surface area contributed by atoms with E-state index in [0.29, 0.717) is 12.4 Å². The number of nitrogens with zero attached hydrogens (tertiary/aromatic N) is 3. The van der Waals surface area contributed by atoms with Crippen LogP contribution in [-0.2, 0) is 11.2 Å². The number of carbonyl (C=O) groups is 1. The van der Waals surface area contributed by atoms with Gasteiger partial charge in [-0.2, -0.15) is 4.98 Å². The van der Waals surface area contributed by atoms with Gasteiger partial charge < -0.3 is 14.8 Å². The van der Waals surface area contributed by atoms with E-state index >= 15 is 0 Å². The summed E-state index contributed by atoms with van der Waals surface area (Å²) in [5, 5.41) is 10.8. The van der Waals surface area contributed by atoms with E-state index in [2.05, 4.69) is 20.7 Å². The Morgan fingerprint density at radius 3 is 2.22 bits per heavy atom. The number of anilines is 2. The lowest BCUT2D eigenvalue weighted by Crippen LogP contribution is -2.28. The summed E-state index contributed by atoms with van der Waals surface area (Å²) in [5.74, 6) is 1.70. The molecule has 1 amide bonds. The highest BCUT2D eigenvalue weighted by molar-refractivity contribution is 5.90. The Morgan fingerprint density at radius 1 is 0.972 bits per heavy atom. The molecule has 36 heavy (non-hydrogen) atoms. The summed E-state index contributed by atoms with van der Waals surface area (Å²) >= 11 is 0. The number of aromatic nitrogens is 3. The first kappa shape index (κ1) is 23.3. The SMILES string of the molecule is COc1ccc(CC(=O)Nc2nc3n(n2)[C@H](c2ccc(F)cc2)C[C@@H](c2ccc(OC)cc2)N3)cc1. The fourth-order valence-electron chi connectivity index (χ4n) is 4.35. The molecule has 0 fully saturated rings. The highest BCUT2D eigenvalue weighted by Crippen LogP contribution is 2.38. The molecule has 2 heterocycles. The summed E-state index contributed by atoms with van der Waals surface area (Å²) in [6.45, 7) is 0. The normalized spacial score (nSPS) is 16.5. The molecule has 2 atom stereocenters. The summed E-state index contributed by atoms with van der Waals surface area (Å²) in [4.78, 5) is 17.2. The number of ether oxygens (including phenoxy) is 2. The van der Waals surface area contributed by atoms with E-state index in [9.17, 15) is 9.18 Å². The second-order valence-electron chi connectivity index (χ2n) is 8.55. The maximum absolute atomic E-state index is 13.6. The van der Waals surface area contributed by atoms with Crippen LogP contribution in [0.25, 0.3) is 0 Å². The van der Waals surface area contributed by atoms with Crippen molar-refractivity contribution in [3.63, 3.8) is 0 Å². The van der Waals surface area contributed by atoms with Crippen LogP contribution in [0.4, 0.5) is 16.3 Å². The van der Waals surface area contributed by atoms with Gasteiger partial charge >= 0.3 is 0 Å². The largest absolute Gasteiger partial charge is 0.497 e. The van der Waals surface area contributed by atoms with Crippen molar-refractivity contribution in [2.75, 3.05) is 24.9 Å². The predicted molar refractivity (Wildman–Crippen MR) is 134 cm³/mol. The van der Waals surface area contributed by atoms with Crippen LogP contribution in [0.3, 0.4) is 0 Å². The van der Waals surface area contributed by atoms with Gasteiger partial charge in [-0.1, -0.05) is 36.4 Å². The zero-order valence-corrected chi connectivity index (χ0v) is 19.9. The second-order valence-corrected chi connectivity index (χ2v) is 8.55. The summed E-state index contributed by atoms with van der Waals surface area (Å²) in [7, 11) is 3.23. The average molecular weight is 488 g/mol. The molecule has 4 aromatic rings. The van der Waals surface area contributed by atoms with Crippen LogP contribution in [0.1, 0.15) is 35.2 Å². The Morgan fingerprint density at radius 2 is 1.58 bits per heavy atom. The van der Waals surface area contributed by atoms with Crippen LogP contribution in [0.2, 0.25) is 0 Å². The molecular formula is C27H26FN5O3. The first-order chi connectivity index (χ1) is 17.5. The zero-order chi connectivity index (χ0) is 25.1. The van der Waals surface area contributed by atoms with Crippen LogP contribution in [0.5, 0.6) is 11.5 Å². The monoisotopic (exact) mass is 487 g/mol. The highest BCUT2D eigenvalue weighted by Gasteiger charge is 2.31. The number of fused-ring (bicyclic) bond motifs is 1. The molecule has 1 aromatic heterocycles. The minimum absolute atomic E-state index is 0.0643. The maximum Gasteiger partial charge on any atom is 0.250 e. The minimum Gasteiger partial charge on any atom is -0.497 e. The quantitative estimate of drug-likeness (QED) is 0.391. The summed E-state index contributed by atoms with van der Waals surface area (Å²) in [5.41, 5.74) is 2.81. The lowest BCUT2D eigenvalue weighted by atomic mass is 9.93. The van der Waals surface area contributed by atoms with E-state index in [-0.39, 0.29) is 36.2 Å². The molecule has 0 aliphatic carbocycles. The van der Waals surface area contributed by atoms with Gasteiger partial charge in [-0.15, -0.1) is 5.10 Å². The molecule has 184 valence electrons. The van der Waals surface area contributed by atoms with Crippen molar-refractivity contribution in [1.29, 1.82) is 0 Å². The zero-order valence-electron chi connectivity index (χ0n) is 19.9. The molecule has 1 aliphatic rings. The molecule has 0 bridgehead atoms. The Bertz CT molecular complexity index is 1340. The first-order valence-corrected chi connectivity index (χ1v) is 11.6. The predicted octanol–water partition coefficient (Wildman–Crippen LogP) is 4.76. The minimum atomic E-state index is -0.301. The molecule has 0 unspecified atom stereocenters. The van der Waals surface area contributed by atoms with Crippen molar-refractivity contribution in [3.05, 3.63) is 95.3 Å². The Kier molecular flexibility index (Phi) is 6.53. The fourth-order valence-corrected chi connectivity index (χ4v) is 4.35. The number of halogens is 1. The Labute approximate surface area is 208 Å². The molecule has 0 radical (unpaired) electrons. The third-order valence-corrected chi connectivity index (χ3v) is 6.24. The van der Waals surface area contributed by atoms with Gasteiger partial charge in [0.1, 0.15) is 17.3 Å². The van der Waals surface area contributed by atoms with Gasteiger partial charge in [-0.3, -0.25) is 10.1 Å². The fraction of sp³-hybridized carbons (Fsp3) is 0.222. The van der Waals surface area contributed by atoms with E-state index in [4.69, 9.17) is 9.47 Å². The van der Waals surface area contributed by atoms with Gasteiger partial charge in [-0.25, -0.2) is 9.07 Å². The highest BCUT2D eigenvalue weighted by atomic mass is 19.1. The number of amides is 1. The first-order valence-electron chi connectivity index (χ1n) is 11.6. The number of benzene rings is 3. The van der Waals surface area contributed by atoms with Gasteiger partial charge in [0.15, 0.2) is 0 Å². The number of nitrogens with one attached hydrogen (secondary N) is 2. The van der Waals surface area contributed by atoms with Gasteiger partial charge in [0.2, 0.25) is 11.9 Å². The molecule has 5 rings (SSSR count). The standard InChI is InChI=1S/C27H26FN5O3/c1-35-21-11-3-17(4-12-21)15-25(34)30-26-31-27-29-23(18-7-13-22(36-2)14-8-18)16-24(33(27)32-26)19-5-9-20(28)10-6-19/h3-14,23-24H,15-16H2,1-2H3,(H2,29,30,31,32,34)/t23-,24-/m0/s1. The van der Waals surface area contributed by atoms with Crippen molar-refractivity contribution in [3.8, 4) is 11.5 Å². The van der Waals surface area contributed by atoms with Gasteiger partial charge in [0.05, 0.1) is 32.7 Å². The third-order valence-electron chi connectivity index (χ3n) is 6.24. The Hall–Kier alpha value is -4.40. The summed E-state index contributed by atoms with van der Waals surface area (Å²) < 4.78 is 25.8. The van der Waals surface area contributed by atoms with E-state index in [1.54, 1.807) is 31.0 Å². The summed E-state index contributed by atoms with van der Waals surface area (Å²) in [6, 6.07) is 21.3. The van der Waals surface area contributed by atoms with Crippen LogP contribution in [0, 0.1) is 5.82 Å². The Balaban J connectivity index is 1.39. The molecule has 0 saturated carbocycles. The van der Waals surface area contributed by atoms with Crippen molar-refractivity contribution in [2.45, 2.75) is 24.9 Å². The summed E-state index contributed by atoms with van der Waals surface area (Å²) in [6.07, 6.45) is 0.838. The van der Waals surface area contributed by atoms with E-state index in [1.807, 2.05) is 48.5 Å². The van der Waals surface area contributed by atoms with Gasteiger partial charge in [0, 0.05) is 0 Å². The van der Waals surface area contributed by atoms with Crippen molar-refractivity contribution in [1.82, 2.24) is 14.8 Å². The third kappa shape index (κ3) is 5.00. The number of methoxy groups -OCH3 is 2. The maximum atomic E-state index is 13.6. The molecule has 9 heteroatoms. The van der Waals surface area contributed by atoms with E-state index in [1.165, 1.54) is 12.1 Å². The number of rotatable bonds is 7. The lowest BCUT2D eigenvalue weighted by molar-refractivity contribution is -0.115. The molecule has 3 aromatic carbocycles. The van der Waals surface area contributed by atoms with E-state index in [0.717, 1.165) is 28.2 Å². The van der Waals surface area contributed by atoms with Gasteiger partial charge in [0.25, 0.3) is 5.95 Å². The molecule has 2 N–H and O–H groups in total. The van der Waals surface area contributed by atoms with Crippen LogP contribution < -0.4 is 20.1 Å². The molecule has 0 spiro atoms. The molecule has 8 nitrogen and oxygen atoms in total. The van der Waals surface area contributed by atoms with E-state index < -0.39 is 0 Å². The van der Waals surface area contributed by atoms with Crippen LogP contribution in [-0.4, -0.2) is 34.9 Å². The topological polar surface area (TPSA) is 90.3 Å². The average Bonchev–Trinajstić information content (AvgIpc) is 3.31. The van der Waals surface area contributed by atoms with Crippen molar-refractivity contribution < 1.29 is 18.7 Å². The molecular weight excluding hydrogens is 461 g/mol.